The Hall–Kier alpha value is -0.980. The van der Waals surface area contributed by atoms with Crippen LogP contribution >= 0.6 is 11.6 Å². The summed E-state index contributed by atoms with van der Waals surface area (Å²) in [5.74, 6) is 0.626. The SMILES string of the molecule is CCCCN(c1ncnc(Cl)n1)C1CC(C)(C)N(O)C(C)(C)C1. The first-order valence-electron chi connectivity index (χ1n) is 8.28. The number of nitrogens with zero attached hydrogens (tertiary/aromatic N) is 5. The van der Waals surface area contributed by atoms with Crippen molar-refractivity contribution in [1.29, 1.82) is 0 Å². The minimum Gasteiger partial charge on any atom is -0.338 e. The van der Waals surface area contributed by atoms with Gasteiger partial charge < -0.3 is 10.1 Å². The fourth-order valence-electron chi connectivity index (χ4n) is 3.62. The highest BCUT2D eigenvalue weighted by Gasteiger charge is 2.46. The van der Waals surface area contributed by atoms with Crippen LogP contribution in [0.25, 0.3) is 0 Å². The highest BCUT2D eigenvalue weighted by Crippen LogP contribution is 2.39. The third kappa shape index (κ3) is 4.11. The second kappa shape index (κ2) is 6.87. The van der Waals surface area contributed by atoms with E-state index in [9.17, 15) is 5.21 Å². The molecule has 0 amide bonds. The normalized spacial score (nSPS) is 21.3. The zero-order chi connectivity index (χ0) is 17.3. The summed E-state index contributed by atoms with van der Waals surface area (Å²) in [6.45, 7) is 11.3. The van der Waals surface area contributed by atoms with Gasteiger partial charge in [0.25, 0.3) is 0 Å². The first-order chi connectivity index (χ1) is 10.7. The van der Waals surface area contributed by atoms with Crippen molar-refractivity contribution in [2.24, 2.45) is 0 Å². The molecule has 2 heterocycles. The maximum absolute atomic E-state index is 10.5. The maximum Gasteiger partial charge on any atom is 0.229 e. The zero-order valence-corrected chi connectivity index (χ0v) is 15.5. The number of rotatable bonds is 5. The Kier molecular flexibility index (Phi) is 5.48. The lowest BCUT2D eigenvalue weighted by Gasteiger charge is -2.53. The predicted molar refractivity (Wildman–Crippen MR) is 91.9 cm³/mol. The van der Waals surface area contributed by atoms with Crippen LogP contribution in [-0.4, -0.2) is 48.9 Å². The lowest BCUT2D eigenvalue weighted by atomic mass is 9.78. The Labute approximate surface area is 143 Å². The van der Waals surface area contributed by atoms with Crippen molar-refractivity contribution in [3.05, 3.63) is 11.6 Å². The monoisotopic (exact) mass is 341 g/mol. The number of hydrogen-bond acceptors (Lipinski definition) is 6. The molecule has 0 aromatic carbocycles. The summed E-state index contributed by atoms with van der Waals surface area (Å²) >= 11 is 5.96. The van der Waals surface area contributed by atoms with Crippen molar-refractivity contribution < 1.29 is 5.21 Å². The molecule has 0 spiro atoms. The Morgan fingerprint density at radius 2 is 1.87 bits per heavy atom. The van der Waals surface area contributed by atoms with Gasteiger partial charge in [-0.25, -0.2) is 9.97 Å². The van der Waals surface area contributed by atoms with E-state index in [-0.39, 0.29) is 22.4 Å². The van der Waals surface area contributed by atoms with E-state index in [0.29, 0.717) is 5.95 Å². The van der Waals surface area contributed by atoms with E-state index in [1.165, 1.54) is 11.4 Å². The number of piperidine rings is 1. The summed E-state index contributed by atoms with van der Waals surface area (Å²) in [6.07, 6.45) is 5.28. The van der Waals surface area contributed by atoms with E-state index >= 15 is 0 Å². The van der Waals surface area contributed by atoms with E-state index < -0.39 is 0 Å². The zero-order valence-electron chi connectivity index (χ0n) is 14.8. The average Bonchev–Trinajstić information content (AvgIpc) is 2.45. The molecular weight excluding hydrogens is 314 g/mol. The summed E-state index contributed by atoms with van der Waals surface area (Å²) in [5.41, 5.74) is -0.624. The highest BCUT2D eigenvalue weighted by molar-refractivity contribution is 6.28. The van der Waals surface area contributed by atoms with Gasteiger partial charge in [0, 0.05) is 23.7 Å². The van der Waals surface area contributed by atoms with Crippen LogP contribution in [-0.2, 0) is 0 Å². The Morgan fingerprint density at radius 1 is 1.26 bits per heavy atom. The molecule has 130 valence electrons. The van der Waals surface area contributed by atoms with Gasteiger partial charge in [0.05, 0.1) is 0 Å². The molecule has 0 bridgehead atoms. The fraction of sp³-hybridized carbons (Fsp3) is 0.812. The quantitative estimate of drug-likeness (QED) is 0.883. The summed E-state index contributed by atoms with van der Waals surface area (Å²) in [6, 6.07) is 0.244. The number of unbranched alkanes of at least 4 members (excludes halogenated alkanes) is 1. The molecule has 0 radical (unpaired) electrons. The molecule has 2 rings (SSSR count). The summed E-state index contributed by atoms with van der Waals surface area (Å²) in [5, 5.41) is 12.2. The second-order valence-corrected chi connectivity index (χ2v) is 7.94. The van der Waals surface area contributed by atoms with Crippen molar-refractivity contribution in [2.45, 2.75) is 77.4 Å². The van der Waals surface area contributed by atoms with E-state index in [1.807, 2.05) is 0 Å². The van der Waals surface area contributed by atoms with Crippen LogP contribution in [0.15, 0.2) is 6.33 Å². The van der Waals surface area contributed by atoms with E-state index in [1.54, 1.807) is 0 Å². The molecule has 0 atom stereocenters. The van der Waals surface area contributed by atoms with Crippen molar-refractivity contribution >= 4 is 17.5 Å². The highest BCUT2D eigenvalue weighted by atomic mass is 35.5. The van der Waals surface area contributed by atoms with Crippen LogP contribution in [0.3, 0.4) is 0 Å². The summed E-state index contributed by atoms with van der Waals surface area (Å²) in [7, 11) is 0. The molecule has 1 N–H and O–H groups in total. The van der Waals surface area contributed by atoms with E-state index in [0.717, 1.165) is 32.2 Å². The van der Waals surface area contributed by atoms with Crippen molar-refractivity contribution in [2.75, 3.05) is 11.4 Å². The molecule has 1 aliphatic rings. The van der Waals surface area contributed by atoms with Crippen molar-refractivity contribution in [3.8, 4) is 0 Å². The first kappa shape index (κ1) is 18.4. The number of hydroxylamine groups is 2. The topological polar surface area (TPSA) is 65.4 Å². The van der Waals surface area contributed by atoms with Gasteiger partial charge in [-0.2, -0.15) is 10.0 Å². The van der Waals surface area contributed by atoms with Gasteiger partial charge in [0.1, 0.15) is 6.33 Å². The maximum atomic E-state index is 10.5. The van der Waals surface area contributed by atoms with Gasteiger partial charge in [0.15, 0.2) is 0 Å². The van der Waals surface area contributed by atoms with Crippen LogP contribution in [0.4, 0.5) is 5.95 Å². The van der Waals surface area contributed by atoms with Crippen molar-refractivity contribution in [3.63, 3.8) is 0 Å². The molecule has 1 fully saturated rings. The molecule has 1 saturated heterocycles. The van der Waals surface area contributed by atoms with E-state index in [2.05, 4.69) is 54.5 Å². The standard InChI is InChI=1S/C16H28ClN5O/c1-6-7-8-21(14-19-11-18-13(17)20-14)12-9-15(2,3)22(23)16(4,5)10-12/h11-12,23H,6-10H2,1-5H3. The van der Waals surface area contributed by atoms with Crippen LogP contribution in [0, 0.1) is 0 Å². The Balaban J connectivity index is 2.32. The lowest BCUT2D eigenvalue weighted by molar-refractivity contribution is -0.244. The average molecular weight is 342 g/mol. The van der Waals surface area contributed by atoms with E-state index in [4.69, 9.17) is 11.6 Å². The lowest BCUT2D eigenvalue weighted by Crippen LogP contribution is -2.63. The van der Waals surface area contributed by atoms with Gasteiger partial charge in [-0.05, 0) is 58.6 Å². The third-order valence-corrected chi connectivity index (χ3v) is 4.78. The number of hydrogen-bond donors (Lipinski definition) is 1. The van der Waals surface area contributed by atoms with Gasteiger partial charge in [-0.15, -0.1) is 0 Å². The molecule has 1 aromatic rings. The summed E-state index contributed by atoms with van der Waals surface area (Å²) in [4.78, 5) is 14.7. The molecule has 1 aromatic heterocycles. The van der Waals surface area contributed by atoms with Crippen LogP contribution in [0.5, 0.6) is 0 Å². The molecule has 0 unspecified atom stereocenters. The number of anilines is 1. The minimum absolute atomic E-state index is 0.217. The van der Waals surface area contributed by atoms with Gasteiger partial charge in [-0.1, -0.05) is 13.3 Å². The fourth-order valence-corrected chi connectivity index (χ4v) is 3.74. The molecule has 1 aliphatic heterocycles. The molecule has 6 nitrogen and oxygen atoms in total. The Morgan fingerprint density at radius 3 is 2.39 bits per heavy atom. The second-order valence-electron chi connectivity index (χ2n) is 7.60. The molecule has 0 saturated carbocycles. The number of halogens is 1. The summed E-state index contributed by atoms with van der Waals surface area (Å²) < 4.78 is 0. The molecule has 23 heavy (non-hydrogen) atoms. The van der Waals surface area contributed by atoms with Crippen LogP contribution in [0.2, 0.25) is 5.28 Å². The third-order valence-electron chi connectivity index (χ3n) is 4.60. The largest absolute Gasteiger partial charge is 0.338 e. The van der Waals surface area contributed by atoms with Gasteiger partial charge in [0.2, 0.25) is 11.2 Å². The van der Waals surface area contributed by atoms with Crippen molar-refractivity contribution in [1.82, 2.24) is 20.0 Å². The number of aromatic nitrogens is 3. The van der Waals surface area contributed by atoms with Gasteiger partial charge >= 0.3 is 0 Å². The minimum atomic E-state index is -0.312. The molecule has 7 heteroatoms. The Bertz CT molecular complexity index is 519. The van der Waals surface area contributed by atoms with Crippen LogP contribution < -0.4 is 4.90 Å². The molecule has 0 aliphatic carbocycles. The van der Waals surface area contributed by atoms with Crippen LogP contribution in [0.1, 0.15) is 60.3 Å². The molecular formula is C16H28ClN5O. The predicted octanol–water partition coefficient (Wildman–Crippen LogP) is 3.54. The van der Waals surface area contributed by atoms with Gasteiger partial charge in [-0.3, -0.25) is 0 Å². The smallest absolute Gasteiger partial charge is 0.229 e. The first-order valence-corrected chi connectivity index (χ1v) is 8.65.